The first-order chi connectivity index (χ1) is 6.72. The Hall–Kier alpha value is 0.210. The van der Waals surface area contributed by atoms with Crippen LogP contribution in [0.2, 0.25) is 0 Å². The monoisotopic (exact) mass is 231 g/mol. The van der Waals surface area contributed by atoms with E-state index in [1.54, 1.807) is 0 Å². The maximum absolute atomic E-state index is 10.7. The number of aliphatic hydroxyl groups is 1. The van der Waals surface area contributed by atoms with Crippen LogP contribution in [0.5, 0.6) is 0 Å². The van der Waals surface area contributed by atoms with Gasteiger partial charge in [0.05, 0.1) is 5.60 Å². The molecule has 0 spiro atoms. The van der Waals surface area contributed by atoms with Gasteiger partial charge < -0.3 is 10.8 Å². The Morgan fingerprint density at radius 2 is 1.47 bits per heavy atom. The summed E-state index contributed by atoms with van der Waals surface area (Å²) in [5, 5.41) is 10.7. The molecule has 4 bridgehead atoms. The minimum Gasteiger partial charge on any atom is -0.389 e. The molecule has 0 aromatic heterocycles. The molecule has 3 heteroatoms. The summed E-state index contributed by atoms with van der Waals surface area (Å²) in [4.78, 5) is 0. The van der Waals surface area contributed by atoms with E-state index >= 15 is 0 Å². The molecule has 0 aromatic rings. The highest BCUT2D eigenvalue weighted by molar-refractivity contribution is 5.85. The lowest BCUT2D eigenvalue weighted by molar-refractivity contribution is -0.174. The van der Waals surface area contributed by atoms with Crippen molar-refractivity contribution in [3.8, 4) is 0 Å². The van der Waals surface area contributed by atoms with Gasteiger partial charge in [0, 0.05) is 0 Å². The van der Waals surface area contributed by atoms with Crippen molar-refractivity contribution in [1.29, 1.82) is 0 Å². The minimum absolute atomic E-state index is 0. The number of nitrogens with two attached hydrogens (primary N) is 1. The molecule has 4 aliphatic rings. The molecule has 15 heavy (non-hydrogen) atoms. The van der Waals surface area contributed by atoms with E-state index in [0.29, 0.717) is 18.4 Å². The van der Waals surface area contributed by atoms with Crippen LogP contribution in [0.4, 0.5) is 0 Å². The molecule has 0 radical (unpaired) electrons. The first kappa shape index (κ1) is 11.7. The Bertz CT molecular complexity index is 216. The number of halogens is 1. The zero-order valence-corrected chi connectivity index (χ0v) is 10.0. The first-order valence-electron chi connectivity index (χ1n) is 6.15. The van der Waals surface area contributed by atoms with Crippen molar-refractivity contribution in [3.63, 3.8) is 0 Å². The molecule has 0 saturated heterocycles. The van der Waals surface area contributed by atoms with Gasteiger partial charge in [-0.3, -0.25) is 0 Å². The number of hydrogen-bond acceptors (Lipinski definition) is 2. The van der Waals surface area contributed by atoms with Crippen LogP contribution in [0.15, 0.2) is 0 Å². The maximum atomic E-state index is 10.7. The molecule has 0 aliphatic heterocycles. The summed E-state index contributed by atoms with van der Waals surface area (Å²) in [6, 6.07) is 0. The van der Waals surface area contributed by atoms with Gasteiger partial charge in [-0.2, -0.15) is 0 Å². The van der Waals surface area contributed by atoms with Crippen molar-refractivity contribution in [2.45, 2.75) is 44.1 Å². The van der Waals surface area contributed by atoms with Crippen molar-refractivity contribution in [2.24, 2.45) is 29.4 Å². The van der Waals surface area contributed by atoms with Gasteiger partial charge in [-0.25, -0.2) is 0 Å². The fourth-order valence-electron chi connectivity index (χ4n) is 4.64. The fourth-order valence-corrected chi connectivity index (χ4v) is 4.64. The van der Waals surface area contributed by atoms with Gasteiger partial charge in [0.2, 0.25) is 0 Å². The SMILES string of the molecule is Cl.NCCC1(O)C2CC3CC(C2)CC1C3. The van der Waals surface area contributed by atoms with E-state index in [1.807, 2.05) is 0 Å². The quantitative estimate of drug-likeness (QED) is 0.763. The lowest BCUT2D eigenvalue weighted by atomic mass is 9.49. The lowest BCUT2D eigenvalue weighted by Crippen LogP contribution is -2.58. The standard InChI is InChI=1S/C12H21NO.ClH/c13-2-1-12(14)10-4-8-3-9(6-10)7-11(12)5-8;/h8-11,14H,1-7,13H2;1H. The number of hydrogen-bond donors (Lipinski definition) is 2. The summed E-state index contributed by atoms with van der Waals surface area (Å²) in [6.07, 6.45) is 7.41. The molecule has 0 amide bonds. The summed E-state index contributed by atoms with van der Waals surface area (Å²) >= 11 is 0. The topological polar surface area (TPSA) is 46.2 Å². The summed E-state index contributed by atoms with van der Waals surface area (Å²) < 4.78 is 0. The molecule has 4 fully saturated rings. The van der Waals surface area contributed by atoms with Gasteiger partial charge >= 0.3 is 0 Å². The molecule has 4 rings (SSSR count). The predicted molar refractivity (Wildman–Crippen MR) is 62.9 cm³/mol. The van der Waals surface area contributed by atoms with Gasteiger partial charge in [0.25, 0.3) is 0 Å². The second kappa shape index (κ2) is 3.90. The fraction of sp³-hybridized carbons (Fsp3) is 1.00. The maximum Gasteiger partial charge on any atom is 0.0716 e. The Kier molecular flexibility index (Phi) is 3.04. The third-order valence-electron chi connectivity index (χ3n) is 5.10. The number of rotatable bonds is 2. The molecule has 3 N–H and O–H groups in total. The molecule has 4 saturated carbocycles. The summed E-state index contributed by atoms with van der Waals surface area (Å²) in [7, 11) is 0. The van der Waals surface area contributed by atoms with E-state index < -0.39 is 0 Å². The molecular formula is C12H22ClNO. The zero-order valence-electron chi connectivity index (χ0n) is 9.19. The second-order valence-electron chi connectivity index (χ2n) is 5.83. The summed E-state index contributed by atoms with van der Waals surface area (Å²) in [6.45, 7) is 0.652. The van der Waals surface area contributed by atoms with Gasteiger partial charge in [0.1, 0.15) is 0 Å². The molecule has 2 nitrogen and oxygen atoms in total. The molecular weight excluding hydrogens is 210 g/mol. The Balaban J connectivity index is 0.000000853. The van der Waals surface area contributed by atoms with Crippen LogP contribution in [0.3, 0.4) is 0 Å². The molecule has 0 aromatic carbocycles. The van der Waals surface area contributed by atoms with E-state index in [4.69, 9.17) is 5.73 Å². The summed E-state index contributed by atoms with van der Waals surface area (Å²) in [5.41, 5.74) is 5.26. The van der Waals surface area contributed by atoms with Gasteiger partial charge in [-0.1, -0.05) is 0 Å². The van der Waals surface area contributed by atoms with Gasteiger partial charge in [-0.05, 0) is 68.7 Å². The molecule has 0 atom stereocenters. The average molecular weight is 232 g/mol. The van der Waals surface area contributed by atoms with Gasteiger partial charge in [0.15, 0.2) is 0 Å². The van der Waals surface area contributed by atoms with Crippen LogP contribution < -0.4 is 5.73 Å². The van der Waals surface area contributed by atoms with Crippen LogP contribution >= 0.6 is 12.4 Å². The van der Waals surface area contributed by atoms with Crippen molar-refractivity contribution in [3.05, 3.63) is 0 Å². The van der Waals surface area contributed by atoms with Crippen molar-refractivity contribution >= 4 is 12.4 Å². The third kappa shape index (κ3) is 1.62. The van der Waals surface area contributed by atoms with E-state index in [1.165, 1.54) is 32.1 Å². The molecule has 4 aliphatic carbocycles. The zero-order chi connectivity index (χ0) is 9.76. The molecule has 0 unspecified atom stereocenters. The molecule has 88 valence electrons. The van der Waals surface area contributed by atoms with Crippen LogP contribution in [0, 0.1) is 23.7 Å². The first-order valence-corrected chi connectivity index (χ1v) is 6.15. The highest BCUT2D eigenvalue weighted by Gasteiger charge is 2.55. The Labute approximate surface area is 98.0 Å². The second-order valence-corrected chi connectivity index (χ2v) is 5.83. The third-order valence-corrected chi connectivity index (χ3v) is 5.10. The van der Waals surface area contributed by atoms with E-state index in [-0.39, 0.29) is 18.0 Å². The normalized spacial score (nSPS) is 51.6. The Morgan fingerprint density at radius 1 is 1.00 bits per heavy atom. The van der Waals surface area contributed by atoms with E-state index in [9.17, 15) is 5.11 Å². The highest BCUT2D eigenvalue weighted by Crippen LogP contribution is 2.59. The summed E-state index contributed by atoms with van der Waals surface area (Å²) in [5.74, 6) is 3.05. The predicted octanol–water partition coefficient (Wildman–Crippen LogP) is 1.94. The van der Waals surface area contributed by atoms with Gasteiger partial charge in [-0.15, -0.1) is 12.4 Å². The van der Waals surface area contributed by atoms with Crippen molar-refractivity contribution in [1.82, 2.24) is 0 Å². The minimum atomic E-state index is -0.373. The van der Waals surface area contributed by atoms with Crippen LogP contribution in [0.25, 0.3) is 0 Å². The van der Waals surface area contributed by atoms with Crippen LogP contribution in [-0.4, -0.2) is 17.3 Å². The molecule has 0 heterocycles. The Morgan fingerprint density at radius 3 is 1.87 bits per heavy atom. The highest BCUT2D eigenvalue weighted by atomic mass is 35.5. The van der Waals surface area contributed by atoms with Crippen LogP contribution in [-0.2, 0) is 0 Å². The smallest absolute Gasteiger partial charge is 0.0716 e. The van der Waals surface area contributed by atoms with Crippen molar-refractivity contribution < 1.29 is 5.11 Å². The largest absolute Gasteiger partial charge is 0.389 e. The van der Waals surface area contributed by atoms with E-state index in [2.05, 4.69) is 0 Å². The van der Waals surface area contributed by atoms with E-state index in [0.717, 1.165) is 18.3 Å². The lowest BCUT2D eigenvalue weighted by Gasteiger charge is -2.59. The van der Waals surface area contributed by atoms with Crippen molar-refractivity contribution in [2.75, 3.05) is 6.54 Å². The average Bonchev–Trinajstić information content (AvgIpc) is 2.14. The van der Waals surface area contributed by atoms with Crippen LogP contribution in [0.1, 0.15) is 38.5 Å².